The molecule has 1 aromatic heterocycles. The van der Waals surface area contributed by atoms with Crippen molar-refractivity contribution in [1.82, 2.24) is 9.55 Å². The lowest BCUT2D eigenvalue weighted by Crippen LogP contribution is -2.16. The van der Waals surface area contributed by atoms with Crippen molar-refractivity contribution in [2.75, 3.05) is 7.11 Å². The highest BCUT2D eigenvalue weighted by Gasteiger charge is 2.13. The average molecular weight is 425 g/mol. The third-order valence-corrected chi connectivity index (χ3v) is 5.51. The van der Waals surface area contributed by atoms with Gasteiger partial charge in [-0.1, -0.05) is 42.5 Å². The Hall–Kier alpha value is -4.12. The number of aromatic amines is 1. The second-order valence-electron chi connectivity index (χ2n) is 7.63. The van der Waals surface area contributed by atoms with Crippen molar-refractivity contribution >= 4 is 11.9 Å². The first-order chi connectivity index (χ1) is 15.5. The number of methoxy groups -OCH3 is 1. The third kappa shape index (κ3) is 4.32. The van der Waals surface area contributed by atoms with E-state index in [4.69, 9.17) is 4.74 Å². The smallest absolute Gasteiger partial charge is 0.330 e. The molecule has 0 aliphatic rings. The molecule has 0 radical (unpaired) electrons. The molecule has 0 fully saturated rings. The number of hydrogen-bond acceptors (Lipinski definition) is 3. The van der Waals surface area contributed by atoms with Crippen LogP contribution in [0.25, 0.3) is 23.0 Å². The molecule has 0 aliphatic heterocycles. The highest BCUT2D eigenvalue weighted by atomic mass is 16.5. The molecule has 0 saturated heterocycles. The molecule has 5 heteroatoms. The fraction of sp³-hybridized carbons (Fsp3) is 0.111. The number of allylic oxidation sites excluding steroid dienone is 1. The van der Waals surface area contributed by atoms with E-state index >= 15 is 0 Å². The molecule has 4 rings (SSSR count). The zero-order valence-corrected chi connectivity index (χ0v) is 18.3. The Morgan fingerprint density at radius 3 is 2.47 bits per heavy atom. The zero-order chi connectivity index (χ0) is 22.7. The number of ether oxygens (including phenoxy) is 1. The average Bonchev–Trinajstić information content (AvgIpc) is 3.21. The first kappa shape index (κ1) is 21.1. The van der Waals surface area contributed by atoms with Gasteiger partial charge in [-0.05, 0) is 66.9 Å². The number of benzene rings is 3. The van der Waals surface area contributed by atoms with Crippen LogP contribution in [0.5, 0.6) is 5.75 Å². The number of rotatable bonds is 6. The second-order valence-corrected chi connectivity index (χ2v) is 7.63. The first-order valence-corrected chi connectivity index (χ1v) is 10.3. The van der Waals surface area contributed by atoms with Gasteiger partial charge in [-0.15, -0.1) is 0 Å². The third-order valence-electron chi connectivity index (χ3n) is 5.51. The molecule has 5 nitrogen and oxygen atoms in total. The fourth-order valence-electron chi connectivity index (χ4n) is 3.52. The van der Waals surface area contributed by atoms with Gasteiger partial charge in [0.1, 0.15) is 5.75 Å². The van der Waals surface area contributed by atoms with Crippen molar-refractivity contribution in [1.29, 1.82) is 0 Å². The van der Waals surface area contributed by atoms with Gasteiger partial charge in [0.25, 0.3) is 0 Å². The molecule has 0 saturated carbocycles. The molecule has 0 spiro atoms. The van der Waals surface area contributed by atoms with E-state index < -0.39 is 0 Å². The number of aryl methyl sites for hydroxylation is 2. The highest BCUT2D eigenvalue weighted by Crippen LogP contribution is 2.24. The van der Waals surface area contributed by atoms with Gasteiger partial charge in [0.15, 0.2) is 5.78 Å². The van der Waals surface area contributed by atoms with Crippen molar-refractivity contribution in [3.8, 4) is 22.7 Å². The topological polar surface area (TPSA) is 64.1 Å². The highest BCUT2D eigenvalue weighted by molar-refractivity contribution is 6.07. The van der Waals surface area contributed by atoms with Gasteiger partial charge in [0.2, 0.25) is 0 Å². The van der Waals surface area contributed by atoms with Gasteiger partial charge in [-0.2, -0.15) is 0 Å². The van der Waals surface area contributed by atoms with E-state index in [2.05, 4.69) is 18.0 Å². The van der Waals surface area contributed by atoms with Crippen molar-refractivity contribution in [3.63, 3.8) is 0 Å². The molecule has 32 heavy (non-hydrogen) atoms. The predicted molar refractivity (Wildman–Crippen MR) is 128 cm³/mol. The van der Waals surface area contributed by atoms with E-state index in [9.17, 15) is 9.59 Å². The van der Waals surface area contributed by atoms with E-state index in [-0.39, 0.29) is 11.5 Å². The molecule has 0 bridgehead atoms. The number of nitrogens with one attached hydrogen (secondary N) is 1. The van der Waals surface area contributed by atoms with Crippen LogP contribution in [0.3, 0.4) is 0 Å². The quantitative estimate of drug-likeness (QED) is 0.335. The summed E-state index contributed by atoms with van der Waals surface area (Å²) in [6.07, 6.45) is 4.99. The number of hydrogen-bond donors (Lipinski definition) is 1. The standard InChI is InChI=1S/C27H24N2O3/c1-18-7-11-21(15-19(18)2)25-17-28-27(31)29(25)23-6-4-5-22(16-23)26(30)14-10-20-8-12-24(32-3)13-9-20/h4-17H,1-3H3,(H,28,31). The molecule has 0 aliphatic carbocycles. The lowest BCUT2D eigenvalue weighted by atomic mass is 10.0. The van der Waals surface area contributed by atoms with E-state index in [0.717, 1.165) is 28.1 Å². The molecular formula is C27H24N2O3. The van der Waals surface area contributed by atoms with Crippen LogP contribution in [0.15, 0.2) is 83.8 Å². The minimum atomic E-state index is -0.253. The molecule has 0 atom stereocenters. The Labute approximate surface area is 186 Å². The zero-order valence-electron chi connectivity index (χ0n) is 18.3. The number of ketones is 1. The fourth-order valence-corrected chi connectivity index (χ4v) is 3.52. The van der Waals surface area contributed by atoms with Crippen molar-refractivity contribution in [3.05, 3.63) is 112 Å². The monoisotopic (exact) mass is 424 g/mol. The molecule has 4 aromatic rings. The second kappa shape index (κ2) is 8.94. The van der Waals surface area contributed by atoms with Crippen molar-refractivity contribution < 1.29 is 9.53 Å². The number of carbonyl (C=O) groups is 1. The van der Waals surface area contributed by atoms with Gasteiger partial charge in [-0.3, -0.25) is 9.36 Å². The Bertz CT molecular complexity index is 1360. The predicted octanol–water partition coefficient (Wildman–Crippen LogP) is 5.35. The van der Waals surface area contributed by atoms with Crippen LogP contribution in [0.1, 0.15) is 27.0 Å². The summed E-state index contributed by atoms with van der Waals surface area (Å²) in [7, 11) is 1.61. The van der Waals surface area contributed by atoms with Crippen molar-refractivity contribution in [2.24, 2.45) is 0 Å². The number of imidazole rings is 1. The molecule has 0 amide bonds. The van der Waals surface area contributed by atoms with Crippen LogP contribution in [0, 0.1) is 13.8 Å². The minimum Gasteiger partial charge on any atom is -0.497 e. The van der Waals surface area contributed by atoms with Gasteiger partial charge < -0.3 is 9.72 Å². The number of H-pyrrole nitrogens is 1. The Balaban J connectivity index is 1.65. The maximum Gasteiger partial charge on any atom is 0.330 e. The number of aromatic nitrogens is 2. The Kier molecular flexibility index (Phi) is 5.90. The maximum absolute atomic E-state index is 12.8. The Morgan fingerprint density at radius 1 is 0.969 bits per heavy atom. The Morgan fingerprint density at radius 2 is 1.75 bits per heavy atom. The lowest BCUT2D eigenvalue weighted by Gasteiger charge is -2.10. The number of carbonyl (C=O) groups excluding carboxylic acids is 1. The van der Waals surface area contributed by atoms with Crippen LogP contribution in [-0.2, 0) is 0 Å². The molecule has 1 N–H and O–H groups in total. The van der Waals surface area contributed by atoms with Gasteiger partial charge in [-0.25, -0.2) is 4.79 Å². The maximum atomic E-state index is 12.8. The summed E-state index contributed by atoms with van der Waals surface area (Å²) < 4.78 is 6.75. The van der Waals surface area contributed by atoms with Gasteiger partial charge in [0.05, 0.1) is 18.5 Å². The van der Waals surface area contributed by atoms with E-state index in [1.807, 2.05) is 49.4 Å². The number of nitrogens with zero attached hydrogens (tertiary/aromatic N) is 1. The minimum absolute atomic E-state index is 0.140. The van der Waals surface area contributed by atoms with Gasteiger partial charge in [0, 0.05) is 17.3 Å². The summed E-state index contributed by atoms with van der Waals surface area (Å²) >= 11 is 0. The molecular weight excluding hydrogens is 400 g/mol. The summed E-state index contributed by atoms with van der Waals surface area (Å²) in [5, 5.41) is 0. The summed E-state index contributed by atoms with van der Waals surface area (Å²) in [4.78, 5) is 28.2. The van der Waals surface area contributed by atoms with Gasteiger partial charge >= 0.3 is 5.69 Å². The summed E-state index contributed by atoms with van der Waals surface area (Å²) in [5.74, 6) is 0.622. The molecule has 0 unspecified atom stereocenters. The molecule has 160 valence electrons. The largest absolute Gasteiger partial charge is 0.497 e. The normalized spacial score (nSPS) is 11.1. The summed E-state index contributed by atoms with van der Waals surface area (Å²) in [6.45, 7) is 4.10. The van der Waals surface area contributed by atoms with Crippen LogP contribution in [0.4, 0.5) is 0 Å². The van der Waals surface area contributed by atoms with Crippen LogP contribution < -0.4 is 10.4 Å². The van der Waals surface area contributed by atoms with E-state index in [0.29, 0.717) is 11.3 Å². The molecule has 3 aromatic carbocycles. The first-order valence-electron chi connectivity index (χ1n) is 10.3. The van der Waals surface area contributed by atoms with E-state index in [1.54, 1.807) is 42.1 Å². The van der Waals surface area contributed by atoms with Crippen LogP contribution in [-0.4, -0.2) is 22.4 Å². The molecule has 1 heterocycles. The van der Waals surface area contributed by atoms with Crippen molar-refractivity contribution in [2.45, 2.75) is 13.8 Å². The summed E-state index contributed by atoms with van der Waals surface area (Å²) in [5.41, 5.74) is 5.80. The van der Waals surface area contributed by atoms with E-state index in [1.165, 1.54) is 11.6 Å². The SMILES string of the molecule is COc1ccc(C=CC(=O)c2cccc(-n3c(-c4ccc(C)c(C)c4)c[nH]c3=O)c2)cc1. The van der Waals surface area contributed by atoms with Crippen LogP contribution >= 0.6 is 0 Å². The van der Waals surface area contributed by atoms with Crippen LogP contribution in [0.2, 0.25) is 0 Å². The summed E-state index contributed by atoms with van der Waals surface area (Å²) in [6, 6.07) is 20.6. The lowest BCUT2D eigenvalue weighted by molar-refractivity contribution is 0.104.